The van der Waals surface area contributed by atoms with Gasteiger partial charge in [0.2, 0.25) is 5.91 Å². The maximum absolute atomic E-state index is 13.2. The van der Waals surface area contributed by atoms with Crippen molar-refractivity contribution in [3.63, 3.8) is 0 Å². The molecule has 2 rings (SSSR count). The van der Waals surface area contributed by atoms with Crippen LogP contribution in [0.2, 0.25) is 0 Å². The Hall–Kier alpha value is -3.07. The Kier molecular flexibility index (Phi) is 8.72. The number of rotatable bonds is 9. The van der Waals surface area contributed by atoms with E-state index in [2.05, 4.69) is 11.9 Å². The monoisotopic (exact) mass is 485 g/mol. The van der Waals surface area contributed by atoms with Crippen molar-refractivity contribution >= 4 is 5.91 Å². The first-order valence-corrected chi connectivity index (χ1v) is 10.3. The fourth-order valence-electron chi connectivity index (χ4n) is 3.43. The van der Waals surface area contributed by atoms with Gasteiger partial charge in [-0.1, -0.05) is 42.5 Å². The van der Waals surface area contributed by atoms with Crippen LogP contribution in [0.25, 0.3) is 0 Å². The van der Waals surface area contributed by atoms with Crippen LogP contribution < -0.4 is 5.32 Å². The zero-order chi connectivity index (χ0) is 25.6. The summed E-state index contributed by atoms with van der Waals surface area (Å²) in [5, 5.41) is 2.84. The Morgan fingerprint density at radius 2 is 1.56 bits per heavy atom. The van der Waals surface area contributed by atoms with Crippen molar-refractivity contribution in [1.82, 2.24) is 5.32 Å². The molecule has 1 N–H and O–H groups in total. The summed E-state index contributed by atoms with van der Waals surface area (Å²) in [4.78, 5) is 12.4. The van der Waals surface area contributed by atoms with Crippen molar-refractivity contribution < 1.29 is 35.9 Å². The Morgan fingerprint density at radius 3 is 2.03 bits per heavy atom. The van der Waals surface area contributed by atoms with E-state index in [1.807, 2.05) is 0 Å². The normalized spacial score (nSPS) is 15.1. The number of benzene rings is 2. The molecule has 1 unspecified atom stereocenters. The van der Waals surface area contributed by atoms with Crippen molar-refractivity contribution in [2.45, 2.75) is 44.3 Å². The second kappa shape index (κ2) is 10.9. The molecule has 2 atom stereocenters. The second-order valence-corrected chi connectivity index (χ2v) is 7.72. The molecule has 2 aromatic rings. The van der Waals surface area contributed by atoms with E-state index < -0.39 is 41.0 Å². The van der Waals surface area contributed by atoms with Crippen LogP contribution in [0.1, 0.15) is 48.6 Å². The molecular formula is C25H25F6NO2. The Bertz CT molecular complexity index is 982. The zero-order valence-corrected chi connectivity index (χ0v) is 18.6. The van der Waals surface area contributed by atoms with E-state index in [1.54, 1.807) is 43.3 Å². The quantitative estimate of drug-likeness (QED) is 0.237. The van der Waals surface area contributed by atoms with Crippen LogP contribution >= 0.6 is 0 Å². The number of carbonyl (C=O) groups excluding carboxylic acids is 1. The number of allylic oxidation sites excluding steroid dienone is 1. The van der Waals surface area contributed by atoms with E-state index in [0.717, 1.165) is 0 Å². The minimum atomic E-state index is -4.97. The van der Waals surface area contributed by atoms with Gasteiger partial charge in [-0.15, -0.1) is 6.58 Å². The summed E-state index contributed by atoms with van der Waals surface area (Å²) in [5.74, 6) is -0.442. The van der Waals surface area contributed by atoms with E-state index in [-0.39, 0.29) is 24.7 Å². The van der Waals surface area contributed by atoms with Gasteiger partial charge in [-0.3, -0.25) is 4.79 Å². The van der Waals surface area contributed by atoms with Gasteiger partial charge in [-0.05, 0) is 55.7 Å². The number of ether oxygens (including phenoxy) is 1. The molecule has 0 aliphatic heterocycles. The Balaban J connectivity index is 2.45. The van der Waals surface area contributed by atoms with Crippen molar-refractivity contribution in [2.75, 3.05) is 6.61 Å². The molecule has 0 aromatic heterocycles. The first-order valence-electron chi connectivity index (χ1n) is 10.3. The third kappa shape index (κ3) is 6.96. The number of hydrogen-bond acceptors (Lipinski definition) is 2. The van der Waals surface area contributed by atoms with Crippen molar-refractivity contribution in [3.05, 3.63) is 95.6 Å². The van der Waals surface area contributed by atoms with Gasteiger partial charge in [-0.25, -0.2) is 0 Å². The molecule has 184 valence electrons. The highest BCUT2D eigenvalue weighted by molar-refractivity contribution is 5.88. The van der Waals surface area contributed by atoms with Crippen molar-refractivity contribution in [1.29, 1.82) is 0 Å². The van der Waals surface area contributed by atoms with Gasteiger partial charge in [0.15, 0.2) is 0 Å². The van der Waals surface area contributed by atoms with Crippen molar-refractivity contribution in [3.8, 4) is 0 Å². The van der Waals surface area contributed by atoms with Gasteiger partial charge in [0.25, 0.3) is 0 Å². The maximum atomic E-state index is 13.2. The highest BCUT2D eigenvalue weighted by Gasteiger charge is 2.38. The molecule has 2 aromatic carbocycles. The molecule has 34 heavy (non-hydrogen) atoms. The molecule has 9 heteroatoms. The van der Waals surface area contributed by atoms with E-state index >= 15 is 0 Å². The summed E-state index contributed by atoms with van der Waals surface area (Å²) in [6.45, 7) is 6.49. The van der Waals surface area contributed by atoms with Crippen LogP contribution in [0, 0.1) is 0 Å². The van der Waals surface area contributed by atoms with Crippen LogP contribution in [-0.4, -0.2) is 12.5 Å². The average Bonchev–Trinajstić information content (AvgIpc) is 2.76. The topological polar surface area (TPSA) is 38.3 Å². The van der Waals surface area contributed by atoms with Crippen molar-refractivity contribution in [2.24, 2.45) is 0 Å². The Labute approximate surface area is 194 Å². The molecule has 0 radical (unpaired) electrons. The van der Waals surface area contributed by atoms with Crippen LogP contribution in [0.3, 0.4) is 0 Å². The highest BCUT2D eigenvalue weighted by Crippen LogP contribution is 2.38. The number of halogens is 6. The predicted molar refractivity (Wildman–Crippen MR) is 117 cm³/mol. The third-order valence-electron chi connectivity index (χ3n) is 5.16. The van der Waals surface area contributed by atoms with Crippen LogP contribution in [-0.2, 0) is 27.4 Å². The van der Waals surface area contributed by atoms with E-state index in [0.29, 0.717) is 17.7 Å². The number of carbonyl (C=O) groups is 1. The Morgan fingerprint density at radius 1 is 1.00 bits per heavy atom. The molecule has 0 spiro atoms. The van der Waals surface area contributed by atoms with Gasteiger partial charge < -0.3 is 10.1 Å². The molecule has 0 saturated carbocycles. The molecular weight excluding hydrogens is 460 g/mol. The average molecular weight is 485 g/mol. The molecule has 0 bridgehead atoms. The summed E-state index contributed by atoms with van der Waals surface area (Å²) in [5.41, 5.74) is -3.64. The summed E-state index contributed by atoms with van der Waals surface area (Å²) in [6.07, 6.45) is -6.50. The number of alkyl halides is 6. The van der Waals surface area contributed by atoms with Gasteiger partial charge in [-0.2, -0.15) is 26.3 Å². The van der Waals surface area contributed by atoms with Crippen LogP contribution in [0.5, 0.6) is 0 Å². The summed E-state index contributed by atoms with van der Waals surface area (Å²) >= 11 is 0. The molecule has 3 nitrogen and oxygen atoms in total. The fourth-order valence-corrected chi connectivity index (χ4v) is 3.43. The lowest BCUT2D eigenvalue weighted by molar-refractivity contribution is -0.143. The van der Waals surface area contributed by atoms with Gasteiger partial charge in [0.05, 0.1) is 29.4 Å². The SMILES string of the molecule is C=CC[C@](COC(C)c1cc(C(F)(F)F)cc(C(F)(F)F)c1)(NC(=O)/C=C/C)c1ccccc1. The molecule has 0 saturated heterocycles. The molecule has 0 aliphatic carbocycles. The third-order valence-corrected chi connectivity index (χ3v) is 5.16. The first-order chi connectivity index (χ1) is 15.8. The summed E-state index contributed by atoms with van der Waals surface area (Å²) < 4.78 is 85.2. The van der Waals surface area contributed by atoms with E-state index in [4.69, 9.17) is 4.74 Å². The zero-order valence-electron chi connectivity index (χ0n) is 18.6. The molecule has 1 amide bonds. The summed E-state index contributed by atoms with van der Waals surface area (Å²) in [7, 11) is 0. The van der Waals surface area contributed by atoms with Gasteiger partial charge >= 0.3 is 12.4 Å². The smallest absolute Gasteiger partial charge is 0.371 e. The standard InChI is InChI=1S/C25H25F6NO2/c1-4-9-22(33)32-23(12-5-2,19-10-7-6-8-11-19)16-34-17(3)18-13-20(24(26,27)28)15-21(14-18)25(29,30)31/h4-11,13-15,17H,2,12,16H2,1,3H3,(H,32,33)/b9-4+/t17?,23-/m1/s1. The summed E-state index contributed by atoms with van der Waals surface area (Å²) in [6, 6.07) is 10.0. The minimum Gasteiger partial charge on any atom is -0.371 e. The molecule has 0 heterocycles. The van der Waals surface area contributed by atoms with E-state index in [9.17, 15) is 31.1 Å². The lowest BCUT2D eigenvalue weighted by atomic mass is 9.87. The highest BCUT2D eigenvalue weighted by atomic mass is 19.4. The van der Waals surface area contributed by atoms with E-state index in [1.165, 1.54) is 19.1 Å². The van der Waals surface area contributed by atoms with Crippen LogP contribution in [0.15, 0.2) is 73.3 Å². The minimum absolute atomic E-state index is 0.0690. The largest absolute Gasteiger partial charge is 0.416 e. The molecule has 0 fully saturated rings. The number of hydrogen-bond donors (Lipinski definition) is 1. The predicted octanol–water partition coefficient (Wildman–Crippen LogP) is 6.97. The molecule has 0 aliphatic rings. The number of amides is 1. The van der Waals surface area contributed by atoms with Gasteiger partial charge in [0, 0.05) is 0 Å². The van der Waals surface area contributed by atoms with Crippen LogP contribution in [0.4, 0.5) is 26.3 Å². The lowest BCUT2D eigenvalue weighted by Crippen LogP contribution is -2.48. The fraction of sp³-hybridized carbons (Fsp3) is 0.320. The maximum Gasteiger partial charge on any atom is 0.416 e. The van der Waals surface area contributed by atoms with Gasteiger partial charge in [0.1, 0.15) is 0 Å². The number of nitrogens with one attached hydrogen (secondary N) is 1. The first kappa shape index (κ1) is 27.2. The second-order valence-electron chi connectivity index (χ2n) is 7.72. The lowest BCUT2D eigenvalue weighted by Gasteiger charge is -2.35.